The van der Waals surface area contributed by atoms with Gasteiger partial charge in [-0.05, 0) is 11.1 Å². The maximum Gasteiger partial charge on any atom is 0.0785 e. The molecular formula is C20H35F2NO. The second-order valence-electron chi connectivity index (χ2n) is 3.33. The lowest BCUT2D eigenvalue weighted by atomic mass is 10.2. The van der Waals surface area contributed by atoms with Crippen molar-refractivity contribution in [3.8, 4) is 0 Å². The van der Waals surface area contributed by atoms with Crippen LogP contribution in [-0.4, -0.2) is 19.5 Å². The van der Waals surface area contributed by atoms with Crippen LogP contribution in [0.5, 0.6) is 0 Å². The fraction of sp³-hybridized carbons (Fsp3) is 0.400. The van der Waals surface area contributed by atoms with E-state index in [1.54, 1.807) is 0 Å². The van der Waals surface area contributed by atoms with Gasteiger partial charge in [-0.25, -0.2) is 0 Å². The first kappa shape index (κ1) is 30.1. The van der Waals surface area contributed by atoms with Gasteiger partial charge in [-0.1, -0.05) is 88.4 Å². The van der Waals surface area contributed by atoms with E-state index < -0.39 is 0 Å². The van der Waals surface area contributed by atoms with Crippen LogP contribution >= 0.6 is 0 Å². The smallest absolute Gasteiger partial charge is 0.0785 e. The summed E-state index contributed by atoms with van der Waals surface area (Å²) in [6.45, 7) is 8.78. The van der Waals surface area contributed by atoms with Gasteiger partial charge in [0.25, 0.3) is 0 Å². The first-order valence-corrected chi connectivity index (χ1v) is 8.01. The molecule has 2 aromatic rings. The Morgan fingerprint density at radius 2 is 0.958 bits per heavy atom. The Labute approximate surface area is 147 Å². The predicted molar refractivity (Wildman–Crippen MR) is 103 cm³/mol. The summed E-state index contributed by atoms with van der Waals surface area (Å²) in [7, 11) is 1.00. The van der Waals surface area contributed by atoms with Crippen molar-refractivity contribution in [2.24, 2.45) is 5.73 Å². The van der Waals surface area contributed by atoms with E-state index in [0.717, 1.165) is 5.56 Å². The summed E-state index contributed by atoms with van der Waals surface area (Å²) in [5.74, 6) is 0. The molecule has 2 rings (SSSR count). The second kappa shape index (κ2) is 33.0. The highest BCUT2D eigenvalue weighted by Crippen LogP contribution is 1.95. The van der Waals surface area contributed by atoms with Crippen molar-refractivity contribution in [3.05, 3.63) is 71.8 Å². The Kier molecular flexibility index (Phi) is 41.4. The van der Waals surface area contributed by atoms with Gasteiger partial charge in [0.05, 0.1) is 21.0 Å². The molecule has 0 aliphatic heterocycles. The first-order chi connectivity index (χ1) is 11.9. The van der Waals surface area contributed by atoms with Crippen molar-refractivity contribution >= 4 is 0 Å². The van der Waals surface area contributed by atoms with Crippen LogP contribution in [0.25, 0.3) is 0 Å². The van der Waals surface area contributed by atoms with Crippen LogP contribution in [0.3, 0.4) is 0 Å². The molecule has 0 amide bonds. The summed E-state index contributed by atoms with van der Waals surface area (Å²) in [5, 5.41) is 8.54. The monoisotopic (exact) mass is 343 g/mol. The van der Waals surface area contributed by atoms with Gasteiger partial charge in [-0.3, -0.25) is 8.78 Å². The van der Waals surface area contributed by atoms with Crippen molar-refractivity contribution in [2.75, 3.05) is 14.4 Å². The highest BCUT2D eigenvalue weighted by molar-refractivity contribution is 5.14. The molecule has 0 atom stereocenters. The summed E-state index contributed by atoms with van der Waals surface area (Å²) in [6, 6.07) is 19.5. The maximum absolute atomic E-state index is 9.50. The van der Waals surface area contributed by atoms with Gasteiger partial charge < -0.3 is 10.8 Å². The molecule has 140 valence electrons. The van der Waals surface area contributed by atoms with Gasteiger partial charge >= 0.3 is 0 Å². The van der Waals surface area contributed by atoms with Gasteiger partial charge in [0, 0.05) is 6.54 Å². The lowest BCUT2D eigenvalue weighted by Gasteiger charge is -1.90. The molecule has 4 heteroatoms. The average Bonchev–Trinajstić information content (AvgIpc) is 2.75. The van der Waals surface area contributed by atoms with E-state index in [0.29, 0.717) is 20.9 Å². The molecule has 2 nitrogen and oxygen atoms in total. The molecule has 0 saturated carbocycles. The average molecular weight is 344 g/mol. The summed E-state index contributed by atoms with van der Waals surface area (Å²) < 4.78 is 19.0. The zero-order chi connectivity index (χ0) is 19.6. The number of hydrogen-bond acceptors (Lipinski definition) is 2. The van der Waals surface area contributed by atoms with Gasteiger partial charge in [-0.2, -0.15) is 0 Å². The number of alkyl halides is 2. The van der Waals surface area contributed by atoms with Crippen molar-refractivity contribution in [3.63, 3.8) is 0 Å². The summed E-state index contributed by atoms with van der Waals surface area (Å²) in [4.78, 5) is 0. The highest BCUT2D eigenvalue weighted by atomic mass is 19.1. The van der Waals surface area contributed by atoms with E-state index in [1.807, 2.05) is 88.4 Å². The minimum atomic E-state index is 0.140. The molecule has 0 bridgehead atoms. The molecule has 0 fully saturated rings. The van der Waals surface area contributed by atoms with Crippen molar-refractivity contribution in [1.29, 1.82) is 0 Å². The number of benzene rings is 2. The van der Waals surface area contributed by atoms with E-state index in [1.165, 1.54) is 5.56 Å². The first-order valence-electron chi connectivity index (χ1n) is 8.01. The van der Waals surface area contributed by atoms with Crippen molar-refractivity contribution < 1.29 is 13.9 Å². The van der Waals surface area contributed by atoms with E-state index >= 15 is 0 Å². The third-order valence-corrected chi connectivity index (χ3v) is 2.10. The van der Waals surface area contributed by atoms with Crippen LogP contribution in [0.2, 0.25) is 0 Å². The third-order valence-electron chi connectivity index (χ3n) is 2.10. The van der Waals surface area contributed by atoms with E-state index in [-0.39, 0.29) is 6.61 Å². The van der Waals surface area contributed by atoms with E-state index in [2.05, 4.69) is 0 Å². The van der Waals surface area contributed by atoms with Gasteiger partial charge in [0.2, 0.25) is 0 Å². The largest absolute Gasteiger partial charge is 0.392 e. The van der Waals surface area contributed by atoms with Crippen LogP contribution in [0.4, 0.5) is 8.78 Å². The Morgan fingerprint density at radius 1 is 0.667 bits per heavy atom. The number of aliphatic hydroxyl groups is 1. The molecule has 0 radical (unpaired) electrons. The standard InChI is InChI=1S/C7H9N.C7H8O.2C2H6.2CH3F/c2*8-6-7-4-2-1-3-5-7;4*1-2/h1-5H,6,8H2;1-5,8H,6H2;2*1-2H3;2*1H3. The Balaban J connectivity index is -0.000000118. The zero-order valence-electron chi connectivity index (χ0n) is 16.0. The van der Waals surface area contributed by atoms with Crippen LogP contribution in [-0.2, 0) is 13.2 Å². The molecule has 24 heavy (non-hydrogen) atoms. The molecule has 0 aromatic heterocycles. The summed E-state index contributed by atoms with van der Waals surface area (Å²) in [5.41, 5.74) is 7.50. The normalized spacial score (nSPS) is 7.08. The molecule has 0 saturated heterocycles. The van der Waals surface area contributed by atoms with Crippen LogP contribution in [0, 0.1) is 0 Å². The van der Waals surface area contributed by atoms with E-state index in [4.69, 9.17) is 10.8 Å². The number of nitrogens with two attached hydrogens (primary N) is 1. The van der Waals surface area contributed by atoms with Gasteiger partial charge in [0.1, 0.15) is 0 Å². The Bertz CT molecular complexity index is 344. The number of rotatable bonds is 2. The molecule has 3 N–H and O–H groups in total. The van der Waals surface area contributed by atoms with Crippen molar-refractivity contribution in [2.45, 2.75) is 40.8 Å². The fourth-order valence-corrected chi connectivity index (χ4v) is 1.20. The predicted octanol–water partition coefficient (Wildman–Crippen LogP) is 5.55. The minimum absolute atomic E-state index is 0.140. The molecule has 0 unspecified atom stereocenters. The van der Waals surface area contributed by atoms with Crippen LogP contribution in [0.15, 0.2) is 60.7 Å². The van der Waals surface area contributed by atoms with Crippen LogP contribution in [0.1, 0.15) is 38.8 Å². The topological polar surface area (TPSA) is 46.2 Å². The number of halogens is 2. The number of hydrogen-bond donors (Lipinski definition) is 2. The maximum atomic E-state index is 9.50. The lowest BCUT2D eigenvalue weighted by molar-refractivity contribution is 0.282. The third kappa shape index (κ3) is 22.5. The van der Waals surface area contributed by atoms with E-state index in [9.17, 15) is 8.78 Å². The quantitative estimate of drug-likeness (QED) is 0.751. The lowest BCUT2D eigenvalue weighted by Crippen LogP contribution is -1.94. The Hall–Kier alpha value is -1.78. The molecule has 0 aliphatic carbocycles. The zero-order valence-corrected chi connectivity index (χ0v) is 16.0. The fourth-order valence-electron chi connectivity index (χ4n) is 1.20. The minimum Gasteiger partial charge on any atom is -0.392 e. The molecule has 0 heterocycles. The summed E-state index contributed by atoms with van der Waals surface area (Å²) >= 11 is 0. The SMILES string of the molecule is CC.CC.CF.CF.NCc1ccccc1.OCc1ccccc1. The molecule has 0 spiro atoms. The molecule has 2 aromatic carbocycles. The van der Waals surface area contributed by atoms with Gasteiger partial charge in [0.15, 0.2) is 0 Å². The van der Waals surface area contributed by atoms with Gasteiger partial charge in [-0.15, -0.1) is 0 Å². The molecule has 0 aliphatic rings. The molecular weight excluding hydrogens is 308 g/mol. The second-order valence-corrected chi connectivity index (χ2v) is 3.33. The van der Waals surface area contributed by atoms with Crippen LogP contribution < -0.4 is 5.73 Å². The summed E-state index contributed by atoms with van der Waals surface area (Å²) in [6.07, 6.45) is 0. The Morgan fingerprint density at radius 3 is 1.12 bits per heavy atom. The van der Waals surface area contributed by atoms with Crippen molar-refractivity contribution in [1.82, 2.24) is 0 Å². The number of aliphatic hydroxyl groups excluding tert-OH is 1. The highest BCUT2D eigenvalue weighted by Gasteiger charge is 1.81.